The number of hydrogen-bond donors (Lipinski definition) is 1. The van der Waals surface area contributed by atoms with E-state index < -0.39 is 17.4 Å². The van der Waals surface area contributed by atoms with Crippen LogP contribution < -0.4 is 10.5 Å². The second-order valence-corrected chi connectivity index (χ2v) is 2.47. The maximum Gasteiger partial charge on any atom is 0.423 e. The molecule has 0 saturated heterocycles. The number of nitrogen functional groups attached to an aromatic ring is 1. The van der Waals surface area contributed by atoms with Crippen LogP contribution in [0.4, 0.5) is 18.9 Å². The fraction of sp³-hybridized carbons (Fsp3) is 0.143. The summed E-state index contributed by atoms with van der Waals surface area (Å²) in [6, 6.07) is 1.72. The van der Waals surface area contributed by atoms with Crippen molar-refractivity contribution in [2.45, 2.75) is 6.18 Å². The van der Waals surface area contributed by atoms with E-state index >= 15 is 0 Å². The fourth-order valence-corrected chi connectivity index (χ4v) is 0.917. The summed E-state index contributed by atoms with van der Waals surface area (Å²) in [6.45, 7) is 0. The van der Waals surface area contributed by atoms with Crippen LogP contribution in [0.15, 0.2) is 12.3 Å². The molecule has 0 amide bonds. The maximum atomic E-state index is 12.2. The highest BCUT2D eigenvalue weighted by atomic mass is 19.4. The summed E-state index contributed by atoms with van der Waals surface area (Å²) in [5, 5.41) is 19.2. The van der Waals surface area contributed by atoms with Gasteiger partial charge in [0, 0.05) is 0 Å². The molecule has 1 heterocycles. The van der Waals surface area contributed by atoms with Crippen LogP contribution in [-0.4, -0.2) is 0 Å². The molecule has 0 aliphatic heterocycles. The van der Waals surface area contributed by atoms with Crippen molar-refractivity contribution in [3.63, 3.8) is 0 Å². The van der Waals surface area contributed by atoms with Gasteiger partial charge in [0.2, 0.25) is 6.20 Å². The van der Waals surface area contributed by atoms with Crippen molar-refractivity contribution >= 4 is 5.69 Å². The van der Waals surface area contributed by atoms with Gasteiger partial charge in [0.15, 0.2) is 6.07 Å². The highest BCUT2D eigenvalue weighted by molar-refractivity contribution is 5.42. The van der Waals surface area contributed by atoms with Crippen LogP contribution in [0, 0.1) is 16.5 Å². The van der Waals surface area contributed by atoms with Gasteiger partial charge in [-0.2, -0.15) is 23.2 Å². The van der Waals surface area contributed by atoms with Gasteiger partial charge in [-0.05, 0) is 6.07 Å². The van der Waals surface area contributed by atoms with Crippen LogP contribution in [0.25, 0.3) is 0 Å². The number of hydrogen-bond acceptors (Lipinski definition) is 3. The van der Waals surface area contributed by atoms with Gasteiger partial charge in [-0.3, -0.25) is 0 Å². The Morgan fingerprint density at radius 3 is 2.50 bits per heavy atom. The zero-order valence-electron chi connectivity index (χ0n) is 6.67. The normalized spacial score (nSPS) is 11.0. The van der Waals surface area contributed by atoms with Crippen molar-refractivity contribution in [1.82, 2.24) is 0 Å². The first-order chi connectivity index (χ1) is 6.36. The van der Waals surface area contributed by atoms with Gasteiger partial charge in [0.25, 0.3) is 0 Å². The average Bonchev–Trinajstić information content (AvgIpc) is 2.01. The van der Waals surface area contributed by atoms with Crippen LogP contribution in [0.1, 0.15) is 11.3 Å². The first-order valence-corrected chi connectivity index (χ1v) is 3.36. The smallest absolute Gasteiger partial charge is 0.423 e. The highest BCUT2D eigenvalue weighted by Gasteiger charge is 2.38. The minimum atomic E-state index is -4.76. The topological polar surface area (TPSA) is 76.8 Å². The lowest BCUT2D eigenvalue weighted by Crippen LogP contribution is -2.33. The van der Waals surface area contributed by atoms with Gasteiger partial charge >= 0.3 is 11.9 Å². The highest BCUT2D eigenvalue weighted by Crippen LogP contribution is 2.31. The van der Waals surface area contributed by atoms with Gasteiger partial charge in [-0.15, -0.1) is 0 Å². The third kappa shape index (κ3) is 1.69. The SMILES string of the molecule is N#Cc1c(C(F)(F)F)cc(N)c[n+]1[O-]. The summed E-state index contributed by atoms with van der Waals surface area (Å²) in [4.78, 5) is 0. The monoisotopic (exact) mass is 203 g/mol. The molecule has 0 aliphatic carbocycles. The first kappa shape index (κ1) is 10.1. The second-order valence-electron chi connectivity index (χ2n) is 2.47. The predicted molar refractivity (Wildman–Crippen MR) is 39.5 cm³/mol. The molecule has 1 aromatic heterocycles. The molecule has 0 fully saturated rings. The molecule has 4 nitrogen and oxygen atoms in total. The average molecular weight is 203 g/mol. The molecular formula is C7H4F3N3O. The predicted octanol–water partition coefficient (Wildman–Crippen LogP) is 0.793. The molecule has 0 unspecified atom stereocenters. The third-order valence-corrected chi connectivity index (χ3v) is 1.46. The van der Waals surface area contributed by atoms with E-state index in [1.807, 2.05) is 0 Å². The molecule has 0 spiro atoms. The van der Waals surface area contributed by atoms with Crippen molar-refractivity contribution < 1.29 is 17.9 Å². The molecule has 0 aromatic carbocycles. The Hall–Kier alpha value is -1.97. The third-order valence-electron chi connectivity index (χ3n) is 1.46. The summed E-state index contributed by atoms with van der Waals surface area (Å²) in [6.07, 6.45) is -4.06. The lowest BCUT2D eigenvalue weighted by molar-refractivity contribution is -0.608. The van der Waals surface area contributed by atoms with Crippen molar-refractivity contribution in [2.75, 3.05) is 5.73 Å². The Morgan fingerprint density at radius 1 is 1.50 bits per heavy atom. The molecule has 0 aliphatic rings. The molecule has 2 N–H and O–H groups in total. The van der Waals surface area contributed by atoms with E-state index in [9.17, 15) is 18.4 Å². The second kappa shape index (κ2) is 3.06. The van der Waals surface area contributed by atoms with Crippen LogP contribution >= 0.6 is 0 Å². The summed E-state index contributed by atoms with van der Waals surface area (Å²) < 4.78 is 36.5. The van der Waals surface area contributed by atoms with Crippen LogP contribution in [0.5, 0.6) is 0 Å². The largest absolute Gasteiger partial charge is 0.618 e. The van der Waals surface area contributed by atoms with Gasteiger partial charge in [-0.25, -0.2) is 0 Å². The molecular weight excluding hydrogens is 199 g/mol. The van der Waals surface area contributed by atoms with Crippen LogP contribution in [0.2, 0.25) is 0 Å². The molecule has 1 rings (SSSR count). The Balaban J connectivity index is 3.50. The molecule has 0 atom stereocenters. The summed E-state index contributed by atoms with van der Waals surface area (Å²) in [7, 11) is 0. The number of halogens is 3. The minimum absolute atomic E-state index is 0.196. The quantitative estimate of drug-likeness (QED) is 0.500. The van der Waals surface area contributed by atoms with Gasteiger partial charge in [0.1, 0.15) is 5.56 Å². The maximum absolute atomic E-state index is 12.2. The Labute approximate surface area is 76.6 Å². The lowest BCUT2D eigenvalue weighted by Gasteiger charge is -2.08. The number of anilines is 1. The molecule has 0 bridgehead atoms. The minimum Gasteiger partial charge on any atom is -0.618 e. The lowest BCUT2D eigenvalue weighted by atomic mass is 10.2. The van der Waals surface area contributed by atoms with Crippen molar-refractivity contribution in [3.05, 3.63) is 28.7 Å². The van der Waals surface area contributed by atoms with E-state index in [0.717, 1.165) is 0 Å². The zero-order chi connectivity index (χ0) is 10.9. The molecule has 0 saturated carbocycles. The summed E-state index contributed by atoms with van der Waals surface area (Å²) in [5.74, 6) is 0. The Morgan fingerprint density at radius 2 is 2.07 bits per heavy atom. The van der Waals surface area contributed by atoms with Gasteiger partial charge in [0.05, 0.1) is 5.69 Å². The molecule has 1 aromatic rings. The van der Waals surface area contributed by atoms with E-state index in [-0.39, 0.29) is 10.4 Å². The van der Waals surface area contributed by atoms with Crippen molar-refractivity contribution in [1.29, 1.82) is 5.26 Å². The zero-order valence-corrected chi connectivity index (χ0v) is 6.67. The van der Waals surface area contributed by atoms with Crippen LogP contribution in [-0.2, 0) is 6.18 Å². The van der Waals surface area contributed by atoms with E-state index in [1.54, 1.807) is 0 Å². The number of alkyl halides is 3. The number of pyridine rings is 1. The van der Waals surface area contributed by atoms with Gasteiger partial charge < -0.3 is 10.9 Å². The first-order valence-electron chi connectivity index (χ1n) is 3.36. The van der Waals surface area contributed by atoms with E-state index in [4.69, 9.17) is 11.0 Å². The fourth-order valence-electron chi connectivity index (χ4n) is 0.917. The Kier molecular flexibility index (Phi) is 2.21. The molecule has 7 heteroatoms. The van der Waals surface area contributed by atoms with E-state index in [2.05, 4.69) is 0 Å². The van der Waals surface area contributed by atoms with Crippen LogP contribution in [0.3, 0.4) is 0 Å². The van der Waals surface area contributed by atoms with Crippen molar-refractivity contribution in [2.24, 2.45) is 0 Å². The summed E-state index contributed by atoms with van der Waals surface area (Å²) >= 11 is 0. The standard InChI is InChI=1S/C7H4F3N3O/c8-7(9,10)5-1-4(12)3-13(14)6(5)2-11/h1,3H,12H2. The number of rotatable bonds is 0. The van der Waals surface area contributed by atoms with Gasteiger partial charge in [-0.1, -0.05) is 0 Å². The Bertz CT molecular complexity index is 408. The molecule has 74 valence electrons. The van der Waals surface area contributed by atoms with E-state index in [1.165, 1.54) is 6.07 Å². The molecule has 0 radical (unpaired) electrons. The number of aromatic nitrogens is 1. The summed E-state index contributed by atoms with van der Waals surface area (Å²) in [5.41, 5.74) is 2.38. The molecule has 14 heavy (non-hydrogen) atoms. The number of nitrogens with two attached hydrogens (primary N) is 1. The van der Waals surface area contributed by atoms with Crippen molar-refractivity contribution in [3.8, 4) is 6.07 Å². The number of nitrogens with zero attached hydrogens (tertiary/aromatic N) is 2. The number of nitriles is 1. The van der Waals surface area contributed by atoms with E-state index in [0.29, 0.717) is 12.3 Å².